The van der Waals surface area contributed by atoms with Gasteiger partial charge in [0.25, 0.3) is 0 Å². The monoisotopic (exact) mass is 125 g/mol. The zero-order chi connectivity index (χ0) is 6.85. The Morgan fingerprint density at radius 3 is 2.56 bits per heavy atom. The summed E-state index contributed by atoms with van der Waals surface area (Å²) in [5.41, 5.74) is 0.119. The van der Waals surface area contributed by atoms with E-state index in [1.54, 1.807) is 0 Å². The quantitative estimate of drug-likeness (QED) is 0.355. The smallest absolute Gasteiger partial charge is 0.226 e. The van der Waals surface area contributed by atoms with Crippen molar-refractivity contribution in [1.82, 2.24) is 4.98 Å². The molecule has 0 saturated heterocycles. The van der Waals surface area contributed by atoms with E-state index in [4.69, 9.17) is 7.85 Å². The van der Waals surface area contributed by atoms with Crippen LogP contribution in [0.5, 0.6) is 0 Å². The SMILES string of the molecule is [B]c1cnc(F)c(F)c1. The molecule has 0 aromatic carbocycles. The average molecular weight is 125 g/mol. The number of aromatic nitrogens is 1. The lowest BCUT2D eigenvalue weighted by Gasteiger charge is -1.91. The summed E-state index contributed by atoms with van der Waals surface area (Å²) in [6.07, 6.45) is 1.05. The van der Waals surface area contributed by atoms with Gasteiger partial charge in [0, 0.05) is 6.20 Å². The van der Waals surface area contributed by atoms with Gasteiger partial charge in [-0.1, -0.05) is 5.46 Å². The van der Waals surface area contributed by atoms with Crippen molar-refractivity contribution >= 4 is 13.3 Å². The second-order valence-electron chi connectivity index (χ2n) is 1.54. The highest BCUT2D eigenvalue weighted by atomic mass is 19.2. The first-order valence-electron chi connectivity index (χ1n) is 2.26. The second-order valence-corrected chi connectivity index (χ2v) is 1.54. The van der Waals surface area contributed by atoms with Crippen molar-refractivity contribution in [3.63, 3.8) is 0 Å². The molecule has 0 aliphatic heterocycles. The van der Waals surface area contributed by atoms with Crippen LogP contribution in [-0.2, 0) is 0 Å². The lowest BCUT2D eigenvalue weighted by Crippen LogP contribution is -2.05. The molecule has 0 amide bonds. The van der Waals surface area contributed by atoms with Crippen molar-refractivity contribution in [3.8, 4) is 0 Å². The van der Waals surface area contributed by atoms with Crippen LogP contribution in [0.25, 0.3) is 0 Å². The third-order valence-corrected chi connectivity index (χ3v) is 0.817. The zero-order valence-corrected chi connectivity index (χ0v) is 4.44. The number of pyridine rings is 1. The van der Waals surface area contributed by atoms with Gasteiger partial charge in [-0.25, -0.2) is 9.37 Å². The van der Waals surface area contributed by atoms with E-state index in [1.807, 2.05) is 0 Å². The Morgan fingerprint density at radius 2 is 2.11 bits per heavy atom. The summed E-state index contributed by atoms with van der Waals surface area (Å²) in [5, 5.41) is 0. The number of nitrogens with zero attached hydrogens (tertiary/aromatic N) is 1. The molecule has 0 spiro atoms. The highest BCUT2D eigenvalue weighted by molar-refractivity contribution is 6.31. The maximum atomic E-state index is 12.1. The lowest BCUT2D eigenvalue weighted by atomic mass is 9.99. The molecular formula is C5H2BF2N. The van der Waals surface area contributed by atoms with Gasteiger partial charge in [0.2, 0.25) is 5.95 Å². The summed E-state index contributed by atoms with van der Waals surface area (Å²) in [5.74, 6) is -2.14. The van der Waals surface area contributed by atoms with Crippen LogP contribution in [0.15, 0.2) is 12.3 Å². The summed E-state index contributed by atoms with van der Waals surface area (Å²) in [6, 6.07) is 0.877. The number of rotatable bonds is 0. The molecule has 0 unspecified atom stereocenters. The van der Waals surface area contributed by atoms with Gasteiger partial charge in [0.1, 0.15) is 7.85 Å². The Labute approximate surface area is 52.1 Å². The minimum atomic E-state index is -1.12. The topological polar surface area (TPSA) is 12.9 Å². The Bertz CT molecular complexity index is 226. The lowest BCUT2D eigenvalue weighted by molar-refractivity contribution is 0.480. The molecule has 0 aliphatic carbocycles. The third-order valence-electron chi connectivity index (χ3n) is 0.817. The standard InChI is InChI=1S/C5H2BF2N/c6-3-1-4(7)5(8)9-2-3/h1-2H. The van der Waals surface area contributed by atoms with Crippen molar-refractivity contribution in [2.24, 2.45) is 0 Å². The molecule has 1 nitrogen and oxygen atoms in total. The summed E-state index contributed by atoms with van der Waals surface area (Å²) in [6.45, 7) is 0. The molecule has 0 atom stereocenters. The van der Waals surface area contributed by atoms with Crippen molar-refractivity contribution in [3.05, 3.63) is 24.0 Å². The van der Waals surface area contributed by atoms with E-state index in [1.165, 1.54) is 0 Å². The van der Waals surface area contributed by atoms with E-state index in [9.17, 15) is 8.78 Å². The van der Waals surface area contributed by atoms with E-state index in [2.05, 4.69) is 4.98 Å². The van der Waals surface area contributed by atoms with Gasteiger partial charge in [-0.05, 0) is 6.07 Å². The van der Waals surface area contributed by atoms with E-state index < -0.39 is 11.8 Å². The fraction of sp³-hybridized carbons (Fsp3) is 0. The van der Waals surface area contributed by atoms with Crippen LogP contribution < -0.4 is 5.46 Å². The number of halogens is 2. The van der Waals surface area contributed by atoms with Gasteiger partial charge in [-0.2, -0.15) is 4.39 Å². The first-order valence-corrected chi connectivity index (χ1v) is 2.26. The van der Waals surface area contributed by atoms with Gasteiger partial charge in [-0.15, -0.1) is 0 Å². The van der Waals surface area contributed by atoms with Crippen LogP contribution in [0.2, 0.25) is 0 Å². The first-order chi connectivity index (χ1) is 4.20. The van der Waals surface area contributed by atoms with Crippen LogP contribution >= 0.6 is 0 Å². The Kier molecular flexibility index (Phi) is 1.47. The highest BCUT2D eigenvalue weighted by Gasteiger charge is 1.99. The van der Waals surface area contributed by atoms with Gasteiger partial charge >= 0.3 is 0 Å². The maximum absolute atomic E-state index is 12.1. The van der Waals surface area contributed by atoms with E-state index in [-0.39, 0.29) is 5.46 Å². The van der Waals surface area contributed by atoms with Crippen LogP contribution in [-0.4, -0.2) is 12.8 Å². The van der Waals surface area contributed by atoms with Crippen molar-refractivity contribution in [2.45, 2.75) is 0 Å². The van der Waals surface area contributed by atoms with Crippen molar-refractivity contribution in [1.29, 1.82) is 0 Å². The first kappa shape index (κ1) is 6.20. The molecule has 44 valence electrons. The molecular weight excluding hydrogens is 123 g/mol. The molecule has 1 heterocycles. The van der Waals surface area contributed by atoms with Gasteiger partial charge in [0.15, 0.2) is 5.82 Å². The molecule has 0 bridgehead atoms. The van der Waals surface area contributed by atoms with E-state index in [0.29, 0.717) is 0 Å². The van der Waals surface area contributed by atoms with Crippen LogP contribution in [0.1, 0.15) is 0 Å². The molecule has 2 radical (unpaired) electrons. The van der Waals surface area contributed by atoms with E-state index in [0.717, 1.165) is 12.3 Å². The highest BCUT2D eigenvalue weighted by Crippen LogP contribution is 1.95. The minimum Gasteiger partial charge on any atom is -0.226 e. The maximum Gasteiger partial charge on any atom is 0.248 e. The molecule has 1 aromatic rings. The molecule has 0 aliphatic rings. The molecule has 0 saturated carbocycles. The predicted octanol–water partition coefficient (Wildman–Crippen LogP) is 0.154. The summed E-state index contributed by atoms with van der Waals surface area (Å²) in [4.78, 5) is 3.01. The van der Waals surface area contributed by atoms with Gasteiger partial charge in [0.05, 0.1) is 0 Å². The molecule has 0 fully saturated rings. The minimum absolute atomic E-state index is 0.119. The van der Waals surface area contributed by atoms with Gasteiger partial charge < -0.3 is 0 Å². The van der Waals surface area contributed by atoms with Gasteiger partial charge in [-0.3, -0.25) is 0 Å². The number of hydrogen-bond donors (Lipinski definition) is 0. The fourth-order valence-corrected chi connectivity index (χ4v) is 0.436. The Morgan fingerprint density at radius 1 is 1.44 bits per heavy atom. The van der Waals surface area contributed by atoms with Crippen molar-refractivity contribution in [2.75, 3.05) is 0 Å². The summed E-state index contributed by atoms with van der Waals surface area (Å²) >= 11 is 0. The molecule has 9 heavy (non-hydrogen) atoms. The van der Waals surface area contributed by atoms with Crippen LogP contribution in [0.4, 0.5) is 8.78 Å². The fourth-order valence-electron chi connectivity index (χ4n) is 0.436. The Hall–Kier alpha value is -0.925. The molecule has 4 heteroatoms. The largest absolute Gasteiger partial charge is 0.248 e. The third kappa shape index (κ3) is 1.25. The second kappa shape index (κ2) is 2.13. The number of hydrogen-bond acceptors (Lipinski definition) is 1. The normalized spacial score (nSPS) is 9.56. The summed E-state index contributed by atoms with van der Waals surface area (Å²) < 4.78 is 24.0. The predicted molar refractivity (Wildman–Crippen MR) is 29.5 cm³/mol. The van der Waals surface area contributed by atoms with Crippen molar-refractivity contribution < 1.29 is 8.78 Å². The van der Waals surface area contributed by atoms with E-state index >= 15 is 0 Å². The molecule has 0 N–H and O–H groups in total. The van der Waals surface area contributed by atoms with Crippen LogP contribution in [0, 0.1) is 11.8 Å². The van der Waals surface area contributed by atoms with Crippen LogP contribution in [0.3, 0.4) is 0 Å². The zero-order valence-electron chi connectivity index (χ0n) is 4.44. The summed E-state index contributed by atoms with van der Waals surface area (Å²) in [7, 11) is 5.06. The Balaban J connectivity index is 3.17. The average Bonchev–Trinajstić information content (AvgIpc) is 1.80. The molecule has 1 rings (SSSR count). The molecule has 1 aromatic heterocycles.